The average molecular weight is 402 g/mol. The predicted octanol–water partition coefficient (Wildman–Crippen LogP) is 4.03. The molecule has 0 aliphatic carbocycles. The van der Waals surface area contributed by atoms with Crippen LogP contribution in [-0.2, 0) is 6.42 Å². The van der Waals surface area contributed by atoms with Crippen LogP contribution in [0.25, 0.3) is 0 Å². The third kappa shape index (κ3) is 7.07. The minimum atomic E-state index is -4.50. The van der Waals surface area contributed by atoms with Crippen LogP contribution in [0.15, 0.2) is 36.5 Å². The number of benzene rings is 1. The lowest BCUT2D eigenvalue weighted by Crippen LogP contribution is -2.20. The van der Waals surface area contributed by atoms with Crippen LogP contribution in [0.1, 0.15) is 15.9 Å². The van der Waals surface area contributed by atoms with E-state index in [-0.39, 0.29) is 16.5 Å². The van der Waals surface area contributed by atoms with E-state index in [1.807, 2.05) is 26.2 Å². The third-order valence-electron chi connectivity index (χ3n) is 3.50. The zero-order chi connectivity index (χ0) is 20.0. The lowest BCUT2D eigenvalue weighted by molar-refractivity contribution is -0.154. The molecule has 1 aromatic carbocycles. The van der Waals surface area contributed by atoms with Crippen molar-refractivity contribution in [1.29, 1.82) is 0 Å². The van der Waals surface area contributed by atoms with Crippen molar-refractivity contribution in [3.8, 4) is 5.88 Å². The molecule has 0 unspecified atom stereocenters. The maximum atomic E-state index is 12.3. The van der Waals surface area contributed by atoms with Gasteiger partial charge in [-0.3, -0.25) is 4.79 Å². The highest BCUT2D eigenvalue weighted by molar-refractivity contribution is 6.32. The minimum absolute atomic E-state index is 0.107. The van der Waals surface area contributed by atoms with Gasteiger partial charge in [0.1, 0.15) is 5.02 Å². The summed E-state index contributed by atoms with van der Waals surface area (Å²) in [4.78, 5) is 18.0. The molecule has 0 saturated heterocycles. The summed E-state index contributed by atoms with van der Waals surface area (Å²) >= 11 is 5.85. The second-order valence-corrected chi connectivity index (χ2v) is 6.53. The van der Waals surface area contributed by atoms with Crippen LogP contribution in [-0.4, -0.2) is 49.2 Å². The maximum absolute atomic E-state index is 12.3. The Kier molecular flexibility index (Phi) is 7.04. The maximum Gasteiger partial charge on any atom is 0.422 e. The number of rotatable bonds is 7. The number of hydrogen-bond donors (Lipinski definition) is 1. The number of halogens is 4. The first kappa shape index (κ1) is 21.0. The molecule has 1 aromatic heterocycles. The Hall–Kier alpha value is -2.32. The molecule has 2 aromatic rings. The Morgan fingerprint density at radius 3 is 2.48 bits per heavy atom. The van der Waals surface area contributed by atoms with Crippen molar-refractivity contribution >= 4 is 23.2 Å². The van der Waals surface area contributed by atoms with Gasteiger partial charge in [-0.2, -0.15) is 13.2 Å². The Morgan fingerprint density at radius 2 is 1.93 bits per heavy atom. The van der Waals surface area contributed by atoms with Gasteiger partial charge in [0.05, 0.1) is 5.56 Å². The highest BCUT2D eigenvalue weighted by Gasteiger charge is 2.29. The van der Waals surface area contributed by atoms with E-state index in [2.05, 4.69) is 19.9 Å². The molecule has 0 aliphatic rings. The molecule has 0 fully saturated rings. The zero-order valence-electron chi connectivity index (χ0n) is 14.8. The number of carbonyl (C=O) groups is 1. The molecule has 0 atom stereocenters. The average Bonchev–Trinajstić information content (AvgIpc) is 2.59. The van der Waals surface area contributed by atoms with Gasteiger partial charge in [-0.15, -0.1) is 0 Å². The van der Waals surface area contributed by atoms with Crippen LogP contribution < -0.4 is 10.1 Å². The molecule has 0 aliphatic heterocycles. The molecule has 5 nitrogen and oxygen atoms in total. The second kappa shape index (κ2) is 9.05. The molecule has 1 N–H and O–H groups in total. The summed E-state index contributed by atoms with van der Waals surface area (Å²) in [5.74, 6) is -0.858. The number of hydrogen-bond acceptors (Lipinski definition) is 4. The fourth-order valence-electron chi connectivity index (χ4n) is 2.12. The van der Waals surface area contributed by atoms with E-state index < -0.39 is 18.7 Å². The molecule has 2 rings (SSSR count). The molecule has 0 bridgehead atoms. The van der Waals surface area contributed by atoms with Crippen molar-refractivity contribution in [2.24, 2.45) is 0 Å². The zero-order valence-corrected chi connectivity index (χ0v) is 15.6. The number of aromatic nitrogens is 1. The molecule has 0 radical (unpaired) electrons. The topological polar surface area (TPSA) is 54.5 Å². The molecule has 146 valence electrons. The minimum Gasteiger partial charge on any atom is -0.467 e. The molecule has 1 heterocycles. The lowest BCUT2D eigenvalue weighted by Gasteiger charge is -2.11. The Balaban J connectivity index is 1.98. The lowest BCUT2D eigenvalue weighted by atomic mass is 10.1. The Labute approximate surface area is 160 Å². The van der Waals surface area contributed by atoms with E-state index in [1.165, 1.54) is 6.07 Å². The Morgan fingerprint density at radius 1 is 1.26 bits per heavy atom. The van der Waals surface area contributed by atoms with Crippen LogP contribution in [0.2, 0.25) is 5.02 Å². The normalized spacial score (nSPS) is 11.5. The quantitative estimate of drug-likeness (QED) is 0.761. The van der Waals surface area contributed by atoms with E-state index in [4.69, 9.17) is 11.6 Å². The first-order valence-corrected chi connectivity index (χ1v) is 8.42. The van der Waals surface area contributed by atoms with Gasteiger partial charge in [-0.1, -0.05) is 23.7 Å². The summed E-state index contributed by atoms with van der Waals surface area (Å²) in [6.07, 6.45) is -2.50. The van der Waals surface area contributed by atoms with Crippen LogP contribution >= 0.6 is 11.6 Å². The second-order valence-electron chi connectivity index (χ2n) is 6.12. The number of carbonyl (C=O) groups excluding carboxylic acids is 1. The van der Waals surface area contributed by atoms with Crippen LogP contribution in [0.4, 0.5) is 18.9 Å². The smallest absolute Gasteiger partial charge is 0.422 e. The molecular weight excluding hydrogens is 383 g/mol. The first-order valence-electron chi connectivity index (χ1n) is 8.04. The van der Waals surface area contributed by atoms with Gasteiger partial charge in [0.15, 0.2) is 6.61 Å². The monoisotopic (exact) mass is 401 g/mol. The van der Waals surface area contributed by atoms with Crippen molar-refractivity contribution in [1.82, 2.24) is 9.88 Å². The first-order chi connectivity index (χ1) is 12.6. The fraction of sp³-hybridized carbons (Fsp3) is 0.333. The van der Waals surface area contributed by atoms with Gasteiger partial charge in [0.25, 0.3) is 5.91 Å². The van der Waals surface area contributed by atoms with Crippen molar-refractivity contribution in [2.45, 2.75) is 12.6 Å². The van der Waals surface area contributed by atoms with Crippen LogP contribution in [0.5, 0.6) is 5.88 Å². The van der Waals surface area contributed by atoms with Crippen molar-refractivity contribution in [2.75, 3.05) is 32.6 Å². The molecule has 27 heavy (non-hydrogen) atoms. The highest BCUT2D eigenvalue weighted by atomic mass is 35.5. The van der Waals surface area contributed by atoms with Crippen molar-refractivity contribution < 1.29 is 22.7 Å². The molecular formula is C18H19ClF3N3O2. The van der Waals surface area contributed by atoms with E-state index in [0.717, 1.165) is 24.7 Å². The van der Waals surface area contributed by atoms with E-state index in [0.29, 0.717) is 5.69 Å². The van der Waals surface area contributed by atoms with Gasteiger partial charge in [-0.05, 0) is 44.3 Å². The molecule has 9 heteroatoms. The van der Waals surface area contributed by atoms with Crippen LogP contribution in [0.3, 0.4) is 0 Å². The number of alkyl halides is 3. The Bertz CT molecular complexity index is 780. The van der Waals surface area contributed by atoms with Gasteiger partial charge in [0.2, 0.25) is 5.88 Å². The van der Waals surface area contributed by atoms with Gasteiger partial charge in [-0.25, -0.2) is 4.98 Å². The fourth-order valence-corrected chi connectivity index (χ4v) is 2.34. The predicted molar refractivity (Wildman–Crippen MR) is 97.5 cm³/mol. The van der Waals surface area contributed by atoms with Crippen molar-refractivity contribution in [3.05, 3.63) is 52.7 Å². The molecule has 0 spiro atoms. The summed E-state index contributed by atoms with van der Waals surface area (Å²) in [7, 11) is 3.99. The van der Waals surface area contributed by atoms with E-state index in [9.17, 15) is 18.0 Å². The highest BCUT2D eigenvalue weighted by Crippen LogP contribution is 2.25. The number of anilines is 1. The van der Waals surface area contributed by atoms with E-state index >= 15 is 0 Å². The standard InChI is InChI=1S/C18H19ClF3N3O2/c1-25(2)8-7-12-3-5-14(6-4-12)24-16(26)13-9-15(19)17(23-10-13)27-11-18(20,21)22/h3-6,9-10H,7-8,11H2,1-2H3,(H,24,26). The summed E-state index contributed by atoms with van der Waals surface area (Å²) in [5, 5.41) is 2.51. The number of nitrogens with one attached hydrogen (secondary N) is 1. The van der Waals surface area contributed by atoms with Gasteiger partial charge < -0.3 is 15.0 Å². The van der Waals surface area contributed by atoms with Crippen molar-refractivity contribution in [3.63, 3.8) is 0 Å². The summed E-state index contributed by atoms with van der Waals surface area (Å²) < 4.78 is 41.0. The van der Waals surface area contributed by atoms with Crippen LogP contribution in [0, 0.1) is 0 Å². The molecule has 1 amide bonds. The molecule has 0 saturated carbocycles. The number of pyridine rings is 1. The third-order valence-corrected chi connectivity index (χ3v) is 3.77. The number of nitrogens with zero attached hydrogens (tertiary/aromatic N) is 2. The number of likely N-dealkylation sites (N-methyl/N-ethyl adjacent to an activating group) is 1. The summed E-state index contributed by atoms with van der Waals surface area (Å²) in [5.41, 5.74) is 1.83. The van der Waals surface area contributed by atoms with Gasteiger partial charge >= 0.3 is 6.18 Å². The summed E-state index contributed by atoms with van der Waals surface area (Å²) in [6, 6.07) is 8.59. The SMILES string of the molecule is CN(C)CCc1ccc(NC(=O)c2cnc(OCC(F)(F)F)c(Cl)c2)cc1. The van der Waals surface area contributed by atoms with Gasteiger partial charge in [0, 0.05) is 18.4 Å². The largest absolute Gasteiger partial charge is 0.467 e. The number of ether oxygens (including phenoxy) is 1. The van der Waals surface area contributed by atoms with E-state index in [1.54, 1.807) is 12.1 Å². The summed E-state index contributed by atoms with van der Waals surface area (Å²) in [6.45, 7) is -0.593. The number of amides is 1.